The molecule has 0 aromatic carbocycles. The molecule has 0 aliphatic heterocycles. The molecule has 0 saturated carbocycles. The van der Waals surface area contributed by atoms with Gasteiger partial charge < -0.3 is 5.73 Å². The van der Waals surface area contributed by atoms with Crippen molar-refractivity contribution >= 4 is 9.84 Å². The van der Waals surface area contributed by atoms with Gasteiger partial charge in [-0.2, -0.15) is 0 Å². The van der Waals surface area contributed by atoms with Crippen molar-refractivity contribution < 1.29 is 8.42 Å². The minimum absolute atomic E-state index is 0.0991. The molecule has 1 aromatic rings. The maximum atomic E-state index is 11.6. The zero-order chi connectivity index (χ0) is 10.6. The molecule has 0 fully saturated rings. The van der Waals surface area contributed by atoms with Crippen molar-refractivity contribution in [1.82, 2.24) is 4.98 Å². The molecule has 14 heavy (non-hydrogen) atoms. The van der Waals surface area contributed by atoms with Crippen molar-refractivity contribution in [3.05, 3.63) is 30.1 Å². The summed E-state index contributed by atoms with van der Waals surface area (Å²) in [4.78, 5) is 3.88. The first-order chi connectivity index (χ1) is 6.61. The van der Waals surface area contributed by atoms with Crippen molar-refractivity contribution in [2.45, 2.75) is 12.2 Å². The lowest BCUT2D eigenvalue weighted by Crippen LogP contribution is -2.23. The summed E-state index contributed by atoms with van der Waals surface area (Å²) >= 11 is 0. The molecular formula is C9H14N2O2S. The molecule has 0 radical (unpaired) electrons. The van der Waals surface area contributed by atoms with Crippen LogP contribution in [0.15, 0.2) is 24.5 Å². The normalized spacial score (nSPS) is 13.9. The van der Waals surface area contributed by atoms with E-state index < -0.39 is 15.1 Å². The summed E-state index contributed by atoms with van der Waals surface area (Å²) in [7, 11) is -3.13. The molecule has 4 nitrogen and oxygen atoms in total. The first-order valence-electron chi connectivity index (χ1n) is 4.43. The third-order valence-corrected chi connectivity index (χ3v) is 4.24. The topological polar surface area (TPSA) is 73.0 Å². The fourth-order valence-electron chi connectivity index (χ4n) is 1.26. The Morgan fingerprint density at radius 2 is 2.29 bits per heavy atom. The lowest BCUT2D eigenvalue weighted by Gasteiger charge is -2.13. The van der Waals surface area contributed by atoms with Gasteiger partial charge in [-0.3, -0.25) is 4.98 Å². The third kappa shape index (κ3) is 2.30. The molecule has 1 unspecified atom stereocenters. The van der Waals surface area contributed by atoms with Crippen LogP contribution >= 0.6 is 0 Å². The first kappa shape index (κ1) is 11.1. The minimum Gasteiger partial charge on any atom is -0.329 e. The highest BCUT2D eigenvalue weighted by Gasteiger charge is 2.23. The monoisotopic (exact) mass is 214 g/mol. The SMILES string of the molecule is CCS(=O)(=O)C(CN)c1cccnc1. The molecule has 0 saturated heterocycles. The zero-order valence-corrected chi connectivity index (χ0v) is 8.87. The molecule has 0 aliphatic carbocycles. The predicted octanol–water partition coefficient (Wildman–Crippen LogP) is 0.516. The minimum atomic E-state index is -3.13. The summed E-state index contributed by atoms with van der Waals surface area (Å²) in [6.45, 7) is 1.72. The maximum absolute atomic E-state index is 11.6. The Hall–Kier alpha value is -0.940. The van der Waals surface area contributed by atoms with E-state index in [1.54, 1.807) is 31.5 Å². The number of nitrogens with two attached hydrogens (primary N) is 1. The van der Waals surface area contributed by atoms with Crippen molar-refractivity contribution in [1.29, 1.82) is 0 Å². The molecule has 0 amide bonds. The molecule has 1 heterocycles. The van der Waals surface area contributed by atoms with Gasteiger partial charge in [0.05, 0.1) is 5.25 Å². The van der Waals surface area contributed by atoms with Crippen LogP contribution < -0.4 is 5.73 Å². The molecule has 5 heteroatoms. The number of hydrogen-bond donors (Lipinski definition) is 1. The summed E-state index contributed by atoms with van der Waals surface area (Å²) in [5.41, 5.74) is 6.12. The van der Waals surface area contributed by atoms with Crippen LogP contribution in [0.4, 0.5) is 0 Å². The van der Waals surface area contributed by atoms with Gasteiger partial charge in [0.25, 0.3) is 0 Å². The molecular weight excluding hydrogens is 200 g/mol. The summed E-state index contributed by atoms with van der Waals surface area (Å²) in [5, 5.41) is -0.624. The molecule has 1 rings (SSSR count). The van der Waals surface area contributed by atoms with E-state index in [9.17, 15) is 8.42 Å². The molecule has 1 atom stereocenters. The van der Waals surface area contributed by atoms with E-state index in [2.05, 4.69) is 4.98 Å². The highest BCUT2D eigenvalue weighted by molar-refractivity contribution is 7.91. The second-order valence-corrected chi connectivity index (χ2v) is 5.43. The Bertz CT molecular complexity index is 375. The van der Waals surface area contributed by atoms with Crippen LogP contribution in [0.5, 0.6) is 0 Å². The summed E-state index contributed by atoms with van der Waals surface area (Å²) in [6, 6.07) is 3.45. The van der Waals surface area contributed by atoms with Crippen LogP contribution in [-0.4, -0.2) is 25.7 Å². The Labute approximate surface area is 84.1 Å². The van der Waals surface area contributed by atoms with E-state index in [-0.39, 0.29) is 12.3 Å². The van der Waals surface area contributed by atoms with Gasteiger partial charge in [0, 0.05) is 24.7 Å². The van der Waals surface area contributed by atoms with Crippen molar-refractivity contribution in [2.24, 2.45) is 5.73 Å². The number of hydrogen-bond acceptors (Lipinski definition) is 4. The second kappa shape index (κ2) is 4.52. The lowest BCUT2D eigenvalue weighted by molar-refractivity contribution is 0.583. The third-order valence-electron chi connectivity index (χ3n) is 2.11. The van der Waals surface area contributed by atoms with Crippen LogP contribution in [0.25, 0.3) is 0 Å². The van der Waals surface area contributed by atoms with E-state index >= 15 is 0 Å². The van der Waals surface area contributed by atoms with Crippen LogP contribution in [0.3, 0.4) is 0 Å². The Morgan fingerprint density at radius 3 is 2.71 bits per heavy atom. The average molecular weight is 214 g/mol. The van der Waals surface area contributed by atoms with E-state index in [0.29, 0.717) is 5.56 Å². The van der Waals surface area contributed by atoms with Crippen molar-refractivity contribution in [3.8, 4) is 0 Å². The van der Waals surface area contributed by atoms with Crippen LogP contribution in [0, 0.1) is 0 Å². The summed E-state index contributed by atoms with van der Waals surface area (Å²) < 4.78 is 23.2. The fraction of sp³-hybridized carbons (Fsp3) is 0.444. The number of pyridine rings is 1. The van der Waals surface area contributed by atoms with Gasteiger partial charge in [0.2, 0.25) is 0 Å². The number of sulfone groups is 1. The van der Waals surface area contributed by atoms with Gasteiger partial charge in [-0.05, 0) is 11.6 Å². The van der Waals surface area contributed by atoms with E-state index in [1.165, 1.54) is 0 Å². The van der Waals surface area contributed by atoms with E-state index in [0.717, 1.165) is 0 Å². The first-order valence-corrected chi connectivity index (χ1v) is 6.15. The van der Waals surface area contributed by atoms with Crippen LogP contribution in [0.2, 0.25) is 0 Å². The lowest BCUT2D eigenvalue weighted by atomic mass is 10.2. The van der Waals surface area contributed by atoms with Gasteiger partial charge >= 0.3 is 0 Å². The summed E-state index contributed by atoms with van der Waals surface area (Å²) in [5.74, 6) is 0.101. The Morgan fingerprint density at radius 1 is 1.57 bits per heavy atom. The van der Waals surface area contributed by atoms with Crippen molar-refractivity contribution in [2.75, 3.05) is 12.3 Å². The standard InChI is InChI=1S/C9H14N2O2S/c1-2-14(12,13)9(6-10)8-4-3-5-11-7-8/h3-5,7,9H,2,6,10H2,1H3. The molecule has 0 spiro atoms. The fourth-order valence-corrected chi connectivity index (χ4v) is 2.51. The second-order valence-electron chi connectivity index (χ2n) is 2.96. The predicted molar refractivity (Wildman–Crippen MR) is 55.5 cm³/mol. The average Bonchev–Trinajstić information content (AvgIpc) is 2.20. The van der Waals surface area contributed by atoms with E-state index in [1.807, 2.05) is 0 Å². The van der Waals surface area contributed by atoms with Gasteiger partial charge in [0.1, 0.15) is 0 Å². The molecule has 2 N–H and O–H groups in total. The molecule has 0 bridgehead atoms. The van der Waals surface area contributed by atoms with Gasteiger partial charge in [-0.25, -0.2) is 8.42 Å². The van der Waals surface area contributed by atoms with E-state index in [4.69, 9.17) is 5.73 Å². The highest BCUT2D eigenvalue weighted by atomic mass is 32.2. The number of aromatic nitrogens is 1. The number of nitrogens with zero attached hydrogens (tertiary/aromatic N) is 1. The zero-order valence-electron chi connectivity index (χ0n) is 8.05. The Balaban J connectivity index is 3.06. The highest BCUT2D eigenvalue weighted by Crippen LogP contribution is 2.20. The maximum Gasteiger partial charge on any atom is 0.158 e. The largest absolute Gasteiger partial charge is 0.329 e. The Kier molecular flexibility index (Phi) is 3.60. The van der Waals surface area contributed by atoms with Crippen LogP contribution in [0.1, 0.15) is 17.7 Å². The number of rotatable bonds is 4. The summed E-state index contributed by atoms with van der Waals surface area (Å²) in [6.07, 6.45) is 3.15. The van der Waals surface area contributed by atoms with Gasteiger partial charge in [-0.15, -0.1) is 0 Å². The smallest absolute Gasteiger partial charge is 0.158 e. The molecule has 0 aliphatic rings. The quantitative estimate of drug-likeness (QED) is 0.792. The molecule has 1 aromatic heterocycles. The van der Waals surface area contributed by atoms with Crippen molar-refractivity contribution in [3.63, 3.8) is 0 Å². The van der Waals surface area contributed by atoms with Crippen LogP contribution in [-0.2, 0) is 9.84 Å². The molecule has 78 valence electrons. The van der Waals surface area contributed by atoms with Gasteiger partial charge in [-0.1, -0.05) is 13.0 Å². The van der Waals surface area contributed by atoms with Gasteiger partial charge in [0.15, 0.2) is 9.84 Å².